The van der Waals surface area contributed by atoms with E-state index in [0.717, 1.165) is 24.5 Å². The lowest BCUT2D eigenvalue weighted by Gasteiger charge is -2.03. The Morgan fingerprint density at radius 3 is 2.81 bits per heavy atom. The maximum Gasteiger partial charge on any atom is 0.328 e. The molecule has 0 saturated carbocycles. The molecule has 7 nitrogen and oxygen atoms in total. The van der Waals surface area contributed by atoms with Crippen LogP contribution in [0.4, 0.5) is 0 Å². The normalized spacial score (nSPS) is 10.4. The summed E-state index contributed by atoms with van der Waals surface area (Å²) in [5.74, 6) is 6.11. The number of carbonyl (C=O) groups is 1. The highest BCUT2D eigenvalue weighted by Crippen LogP contribution is 2.02. The van der Waals surface area contributed by atoms with E-state index < -0.39 is 5.97 Å². The van der Waals surface area contributed by atoms with Gasteiger partial charge in [0.1, 0.15) is 5.82 Å². The molecule has 7 heteroatoms. The van der Waals surface area contributed by atoms with Crippen LogP contribution in [0.15, 0.2) is 0 Å². The van der Waals surface area contributed by atoms with Gasteiger partial charge in [0.25, 0.3) is 0 Å². The van der Waals surface area contributed by atoms with E-state index in [1.54, 1.807) is 4.68 Å². The van der Waals surface area contributed by atoms with E-state index in [1.807, 2.05) is 19.4 Å². The fourth-order valence-corrected chi connectivity index (χ4v) is 1.33. The quantitative estimate of drug-likeness (QED) is 0.512. The molecule has 0 atom stereocenters. The van der Waals surface area contributed by atoms with Crippen LogP contribution in [0.5, 0.6) is 0 Å². The fraction of sp³-hybridized carbons (Fsp3) is 0.667. The molecule has 1 heterocycles. The van der Waals surface area contributed by atoms with Crippen LogP contribution in [-0.2, 0) is 29.0 Å². The van der Waals surface area contributed by atoms with Gasteiger partial charge in [-0.3, -0.25) is 4.79 Å². The van der Waals surface area contributed by atoms with Crippen LogP contribution in [0, 0.1) is 0 Å². The van der Waals surface area contributed by atoms with Crippen molar-refractivity contribution < 1.29 is 9.63 Å². The zero-order chi connectivity index (χ0) is 12.0. The van der Waals surface area contributed by atoms with Crippen molar-refractivity contribution in [1.29, 1.82) is 0 Å². The molecular weight excluding hydrogens is 210 g/mol. The summed E-state index contributed by atoms with van der Waals surface area (Å²) in [6.07, 6.45) is 1.79. The maximum atomic E-state index is 11.1. The molecule has 1 aromatic rings. The smallest absolute Gasteiger partial charge is 0.328 e. The SMILES string of the molecule is CCc1nc(CC)n(CCC(=O)ONN)n1. The van der Waals surface area contributed by atoms with Gasteiger partial charge in [-0.25, -0.2) is 15.5 Å². The largest absolute Gasteiger partial charge is 0.356 e. The number of carbonyl (C=O) groups excluding carboxylic acids is 1. The number of aromatic nitrogens is 3. The molecule has 0 saturated heterocycles. The molecular formula is C9H17N5O2. The van der Waals surface area contributed by atoms with Crippen LogP contribution in [0.25, 0.3) is 0 Å². The van der Waals surface area contributed by atoms with Crippen molar-refractivity contribution in [2.24, 2.45) is 5.84 Å². The topological polar surface area (TPSA) is 95.1 Å². The van der Waals surface area contributed by atoms with Crippen LogP contribution in [0.2, 0.25) is 0 Å². The van der Waals surface area contributed by atoms with Crippen LogP contribution in [0.3, 0.4) is 0 Å². The van der Waals surface area contributed by atoms with E-state index in [1.165, 1.54) is 0 Å². The second kappa shape index (κ2) is 6.19. The standard InChI is InChI=1S/C9H17N5O2/c1-3-7-11-8(4-2)14(12-7)6-5-9(15)16-13-10/h13H,3-6,10H2,1-2H3. The molecule has 0 bridgehead atoms. The van der Waals surface area contributed by atoms with Crippen molar-refractivity contribution in [1.82, 2.24) is 20.4 Å². The molecule has 0 unspecified atom stereocenters. The minimum atomic E-state index is -0.418. The molecule has 0 radical (unpaired) electrons. The van der Waals surface area contributed by atoms with Gasteiger partial charge in [-0.1, -0.05) is 19.4 Å². The lowest BCUT2D eigenvalue weighted by Crippen LogP contribution is -2.26. The summed E-state index contributed by atoms with van der Waals surface area (Å²) in [6, 6.07) is 0. The summed E-state index contributed by atoms with van der Waals surface area (Å²) in [5, 5.41) is 4.28. The van der Waals surface area contributed by atoms with Gasteiger partial charge in [0, 0.05) is 12.8 Å². The first-order chi connectivity index (χ1) is 7.71. The third kappa shape index (κ3) is 3.28. The number of hydrogen-bond acceptors (Lipinski definition) is 6. The Morgan fingerprint density at radius 2 is 2.25 bits per heavy atom. The molecule has 0 aliphatic carbocycles. The first kappa shape index (κ1) is 12.6. The Morgan fingerprint density at radius 1 is 1.50 bits per heavy atom. The Balaban J connectivity index is 2.58. The lowest BCUT2D eigenvalue weighted by atomic mass is 10.4. The van der Waals surface area contributed by atoms with Gasteiger partial charge in [-0.05, 0) is 0 Å². The molecule has 90 valence electrons. The van der Waals surface area contributed by atoms with Crippen molar-refractivity contribution in [3.63, 3.8) is 0 Å². The Bertz CT molecular complexity index is 350. The van der Waals surface area contributed by atoms with Gasteiger partial charge >= 0.3 is 5.97 Å². The van der Waals surface area contributed by atoms with E-state index >= 15 is 0 Å². The number of nitrogens with one attached hydrogen (secondary N) is 1. The van der Waals surface area contributed by atoms with Crippen molar-refractivity contribution in [3.8, 4) is 0 Å². The molecule has 0 aliphatic rings. The summed E-state index contributed by atoms with van der Waals surface area (Å²) in [6.45, 7) is 4.45. The van der Waals surface area contributed by atoms with E-state index in [9.17, 15) is 4.79 Å². The van der Waals surface area contributed by atoms with Gasteiger partial charge in [-0.2, -0.15) is 5.10 Å². The first-order valence-corrected chi connectivity index (χ1v) is 5.29. The molecule has 0 amide bonds. The summed E-state index contributed by atoms with van der Waals surface area (Å²) in [5.41, 5.74) is 1.85. The Kier molecular flexibility index (Phi) is 4.87. The molecule has 16 heavy (non-hydrogen) atoms. The van der Waals surface area contributed by atoms with Crippen molar-refractivity contribution >= 4 is 5.97 Å². The molecule has 0 spiro atoms. The summed E-state index contributed by atoms with van der Waals surface area (Å²) in [4.78, 5) is 19.8. The minimum Gasteiger partial charge on any atom is -0.356 e. The second-order valence-electron chi connectivity index (χ2n) is 3.22. The first-order valence-electron chi connectivity index (χ1n) is 5.29. The van der Waals surface area contributed by atoms with E-state index in [-0.39, 0.29) is 6.42 Å². The number of nitrogens with two attached hydrogens (primary N) is 1. The lowest BCUT2D eigenvalue weighted by molar-refractivity contribution is -0.151. The Labute approximate surface area is 93.9 Å². The predicted molar refractivity (Wildman–Crippen MR) is 56.8 cm³/mol. The number of aryl methyl sites for hydroxylation is 3. The van der Waals surface area contributed by atoms with Crippen molar-refractivity contribution in [2.75, 3.05) is 0 Å². The van der Waals surface area contributed by atoms with Crippen LogP contribution in [0.1, 0.15) is 31.9 Å². The Hall–Kier alpha value is -1.47. The highest BCUT2D eigenvalue weighted by atomic mass is 16.7. The summed E-state index contributed by atoms with van der Waals surface area (Å²) >= 11 is 0. The molecule has 0 fully saturated rings. The highest BCUT2D eigenvalue weighted by Gasteiger charge is 2.09. The predicted octanol–water partition coefficient (Wildman–Crippen LogP) is -0.285. The van der Waals surface area contributed by atoms with Crippen LogP contribution in [-0.4, -0.2) is 20.7 Å². The van der Waals surface area contributed by atoms with Gasteiger partial charge in [-0.15, -0.1) is 0 Å². The minimum absolute atomic E-state index is 0.212. The van der Waals surface area contributed by atoms with E-state index in [2.05, 4.69) is 14.9 Å². The second-order valence-corrected chi connectivity index (χ2v) is 3.22. The molecule has 1 rings (SSSR count). The molecule has 0 aliphatic heterocycles. The highest BCUT2D eigenvalue weighted by molar-refractivity contribution is 5.68. The van der Waals surface area contributed by atoms with Gasteiger partial charge in [0.2, 0.25) is 0 Å². The van der Waals surface area contributed by atoms with E-state index in [0.29, 0.717) is 6.54 Å². The van der Waals surface area contributed by atoms with Gasteiger partial charge in [0.05, 0.1) is 13.0 Å². The molecule has 0 aromatic carbocycles. The third-order valence-corrected chi connectivity index (χ3v) is 2.13. The summed E-state index contributed by atoms with van der Waals surface area (Å²) < 4.78 is 1.73. The number of hydrazine groups is 1. The van der Waals surface area contributed by atoms with Crippen molar-refractivity contribution in [3.05, 3.63) is 11.6 Å². The average Bonchev–Trinajstić information content (AvgIpc) is 2.69. The zero-order valence-electron chi connectivity index (χ0n) is 9.56. The number of rotatable bonds is 6. The average molecular weight is 227 g/mol. The number of hydrogen-bond donors (Lipinski definition) is 2. The third-order valence-electron chi connectivity index (χ3n) is 2.13. The molecule has 3 N–H and O–H groups in total. The number of nitrogens with zero attached hydrogens (tertiary/aromatic N) is 3. The fourth-order valence-electron chi connectivity index (χ4n) is 1.33. The van der Waals surface area contributed by atoms with Crippen molar-refractivity contribution in [2.45, 2.75) is 39.7 Å². The monoisotopic (exact) mass is 227 g/mol. The maximum absolute atomic E-state index is 11.1. The zero-order valence-corrected chi connectivity index (χ0v) is 9.56. The van der Waals surface area contributed by atoms with Crippen LogP contribution < -0.4 is 11.4 Å². The van der Waals surface area contributed by atoms with Gasteiger partial charge in [0.15, 0.2) is 5.82 Å². The molecule has 1 aromatic heterocycles. The summed E-state index contributed by atoms with van der Waals surface area (Å²) in [7, 11) is 0. The van der Waals surface area contributed by atoms with Crippen LogP contribution >= 0.6 is 0 Å². The van der Waals surface area contributed by atoms with Gasteiger partial charge < -0.3 is 4.84 Å². The van der Waals surface area contributed by atoms with E-state index in [4.69, 9.17) is 5.84 Å².